The Kier molecular flexibility index (Phi) is 4.37. The Morgan fingerprint density at radius 1 is 1.39 bits per heavy atom. The lowest BCUT2D eigenvalue weighted by Gasteiger charge is -2.41. The van der Waals surface area contributed by atoms with E-state index in [0.29, 0.717) is 0 Å². The number of halogens is 1. The fraction of sp³-hybridized carbons (Fsp3) is 0.462. The highest BCUT2D eigenvalue weighted by Crippen LogP contribution is 2.30. The Bertz CT molecular complexity index is 427. The number of carbonyl (C=O) groups excluding carboxylic acids is 1. The third kappa shape index (κ3) is 3.10. The number of carbonyl (C=O) groups is 1. The molecule has 0 spiro atoms. The number of para-hydroxylation sites is 1. The molecule has 4 nitrogen and oxygen atoms in total. The van der Waals surface area contributed by atoms with Gasteiger partial charge in [0.2, 0.25) is 5.91 Å². The summed E-state index contributed by atoms with van der Waals surface area (Å²) in [5.41, 5.74) is 0.529. The highest BCUT2D eigenvalue weighted by atomic mass is 79.9. The summed E-state index contributed by atoms with van der Waals surface area (Å²) in [5, 5.41) is 15.3. The van der Waals surface area contributed by atoms with Gasteiger partial charge in [0.05, 0.1) is 18.8 Å². The second-order valence-electron chi connectivity index (χ2n) is 4.67. The number of nitrogens with one attached hydrogen (secondary N) is 2. The molecule has 0 atom stereocenters. The molecule has 1 aromatic rings. The zero-order valence-corrected chi connectivity index (χ0v) is 11.7. The summed E-state index contributed by atoms with van der Waals surface area (Å²) < 4.78 is 0.860. The van der Waals surface area contributed by atoms with Gasteiger partial charge in [-0.25, -0.2) is 0 Å². The monoisotopic (exact) mass is 312 g/mol. The maximum atomic E-state index is 11.8. The van der Waals surface area contributed by atoms with Gasteiger partial charge in [-0.3, -0.25) is 4.79 Å². The molecule has 0 aromatic heterocycles. The SMILES string of the molecule is O=C(CNC1(CO)CCC1)Nc1ccccc1Br. The highest BCUT2D eigenvalue weighted by Gasteiger charge is 2.35. The molecule has 1 saturated carbocycles. The summed E-state index contributed by atoms with van der Waals surface area (Å²) in [6.45, 7) is 0.317. The van der Waals surface area contributed by atoms with Crippen LogP contribution < -0.4 is 10.6 Å². The van der Waals surface area contributed by atoms with E-state index in [0.717, 1.165) is 29.4 Å². The quantitative estimate of drug-likeness (QED) is 0.778. The molecule has 0 saturated heterocycles. The van der Waals surface area contributed by atoms with E-state index >= 15 is 0 Å². The summed E-state index contributed by atoms with van der Waals surface area (Å²) in [6.07, 6.45) is 2.98. The van der Waals surface area contributed by atoms with Crippen molar-refractivity contribution in [2.24, 2.45) is 0 Å². The molecule has 1 aliphatic rings. The molecule has 0 bridgehead atoms. The minimum atomic E-state index is -0.231. The Hall–Kier alpha value is -0.910. The molecule has 1 aromatic carbocycles. The first-order valence-electron chi connectivity index (χ1n) is 6.05. The van der Waals surface area contributed by atoms with Crippen molar-refractivity contribution in [2.75, 3.05) is 18.5 Å². The summed E-state index contributed by atoms with van der Waals surface area (Å²) in [6, 6.07) is 7.49. The highest BCUT2D eigenvalue weighted by molar-refractivity contribution is 9.10. The van der Waals surface area contributed by atoms with Crippen LogP contribution in [0.3, 0.4) is 0 Å². The minimum absolute atomic E-state index is 0.0926. The first kappa shape index (κ1) is 13.5. The van der Waals surface area contributed by atoms with Crippen LogP contribution in [0, 0.1) is 0 Å². The summed E-state index contributed by atoms with van der Waals surface area (Å²) >= 11 is 3.38. The third-order valence-corrected chi connectivity index (χ3v) is 4.08. The smallest absolute Gasteiger partial charge is 0.238 e. The van der Waals surface area contributed by atoms with Gasteiger partial charge in [0.1, 0.15) is 0 Å². The molecular formula is C13H17BrN2O2. The molecule has 0 aliphatic heterocycles. The van der Waals surface area contributed by atoms with Crippen LogP contribution in [0.5, 0.6) is 0 Å². The van der Waals surface area contributed by atoms with Gasteiger partial charge >= 0.3 is 0 Å². The van der Waals surface area contributed by atoms with Crippen LogP contribution in [-0.4, -0.2) is 29.7 Å². The largest absolute Gasteiger partial charge is 0.394 e. The van der Waals surface area contributed by atoms with E-state index in [1.165, 1.54) is 0 Å². The van der Waals surface area contributed by atoms with Crippen molar-refractivity contribution in [2.45, 2.75) is 24.8 Å². The Morgan fingerprint density at radius 3 is 2.67 bits per heavy atom. The van der Waals surface area contributed by atoms with Crippen LogP contribution >= 0.6 is 15.9 Å². The van der Waals surface area contributed by atoms with Crippen LogP contribution in [-0.2, 0) is 4.79 Å². The molecule has 0 heterocycles. The van der Waals surface area contributed by atoms with Crippen molar-refractivity contribution in [3.63, 3.8) is 0 Å². The van der Waals surface area contributed by atoms with E-state index in [9.17, 15) is 9.90 Å². The zero-order valence-electron chi connectivity index (χ0n) is 10.1. The second kappa shape index (κ2) is 5.82. The van der Waals surface area contributed by atoms with Crippen molar-refractivity contribution in [3.05, 3.63) is 28.7 Å². The van der Waals surface area contributed by atoms with E-state index in [1.807, 2.05) is 24.3 Å². The standard InChI is InChI=1S/C13H17BrN2O2/c14-10-4-1-2-5-11(10)16-12(18)8-15-13(9-17)6-3-7-13/h1-2,4-5,15,17H,3,6-9H2,(H,16,18). The number of benzene rings is 1. The predicted molar refractivity (Wildman–Crippen MR) is 74.4 cm³/mol. The number of aliphatic hydroxyl groups is 1. The van der Waals surface area contributed by atoms with Crippen LogP contribution in [0.15, 0.2) is 28.7 Å². The minimum Gasteiger partial charge on any atom is -0.394 e. The zero-order chi connectivity index (χ0) is 13.0. The molecular weight excluding hydrogens is 296 g/mol. The van der Waals surface area contributed by atoms with E-state index in [1.54, 1.807) is 0 Å². The normalized spacial score (nSPS) is 17.0. The first-order valence-corrected chi connectivity index (χ1v) is 6.85. The van der Waals surface area contributed by atoms with Gasteiger partial charge in [-0.2, -0.15) is 0 Å². The average Bonchev–Trinajstić information content (AvgIpc) is 2.31. The number of hydrogen-bond donors (Lipinski definition) is 3. The van der Waals surface area contributed by atoms with Crippen molar-refractivity contribution in [1.29, 1.82) is 0 Å². The summed E-state index contributed by atoms with van der Waals surface area (Å²) in [7, 11) is 0. The molecule has 0 radical (unpaired) electrons. The van der Waals surface area contributed by atoms with E-state index in [-0.39, 0.29) is 24.6 Å². The maximum Gasteiger partial charge on any atom is 0.238 e. The number of rotatable bonds is 5. The van der Waals surface area contributed by atoms with Gasteiger partial charge in [0.15, 0.2) is 0 Å². The maximum absolute atomic E-state index is 11.8. The fourth-order valence-electron chi connectivity index (χ4n) is 2.02. The number of amides is 1. The van der Waals surface area contributed by atoms with Crippen LogP contribution in [0.25, 0.3) is 0 Å². The van der Waals surface area contributed by atoms with Crippen LogP contribution in [0.2, 0.25) is 0 Å². The lowest BCUT2D eigenvalue weighted by atomic mass is 9.77. The fourth-order valence-corrected chi connectivity index (χ4v) is 2.40. The van der Waals surface area contributed by atoms with Gasteiger partial charge in [-0.15, -0.1) is 0 Å². The molecule has 5 heteroatoms. The first-order chi connectivity index (χ1) is 8.65. The van der Waals surface area contributed by atoms with Gasteiger partial charge in [0.25, 0.3) is 0 Å². The molecule has 0 unspecified atom stereocenters. The van der Waals surface area contributed by atoms with Gasteiger partial charge in [-0.05, 0) is 47.3 Å². The number of anilines is 1. The van der Waals surface area contributed by atoms with Crippen molar-refractivity contribution in [1.82, 2.24) is 5.32 Å². The lowest BCUT2D eigenvalue weighted by molar-refractivity contribution is -0.116. The molecule has 1 amide bonds. The average molecular weight is 313 g/mol. The van der Waals surface area contributed by atoms with Gasteiger partial charge in [0, 0.05) is 10.0 Å². The summed E-state index contributed by atoms with van der Waals surface area (Å²) in [5.74, 6) is -0.0957. The lowest BCUT2D eigenvalue weighted by Crippen LogP contribution is -2.55. The van der Waals surface area contributed by atoms with Crippen molar-refractivity contribution >= 4 is 27.5 Å². The Morgan fingerprint density at radius 2 is 2.11 bits per heavy atom. The number of aliphatic hydroxyl groups excluding tert-OH is 1. The molecule has 1 aliphatic carbocycles. The molecule has 18 heavy (non-hydrogen) atoms. The van der Waals surface area contributed by atoms with Crippen molar-refractivity contribution in [3.8, 4) is 0 Å². The third-order valence-electron chi connectivity index (χ3n) is 3.39. The topological polar surface area (TPSA) is 61.4 Å². The van der Waals surface area contributed by atoms with Gasteiger partial charge < -0.3 is 15.7 Å². The Balaban J connectivity index is 1.84. The van der Waals surface area contributed by atoms with Crippen LogP contribution in [0.1, 0.15) is 19.3 Å². The Labute approximate surface area is 115 Å². The van der Waals surface area contributed by atoms with E-state index in [2.05, 4.69) is 26.6 Å². The molecule has 3 N–H and O–H groups in total. The predicted octanol–water partition coefficient (Wildman–Crippen LogP) is 1.89. The number of hydrogen-bond acceptors (Lipinski definition) is 3. The second-order valence-corrected chi connectivity index (χ2v) is 5.53. The summed E-state index contributed by atoms with van der Waals surface area (Å²) in [4.78, 5) is 11.8. The van der Waals surface area contributed by atoms with E-state index in [4.69, 9.17) is 0 Å². The van der Waals surface area contributed by atoms with Crippen molar-refractivity contribution < 1.29 is 9.90 Å². The molecule has 2 rings (SSSR count). The van der Waals surface area contributed by atoms with E-state index < -0.39 is 0 Å². The van der Waals surface area contributed by atoms with Crippen LogP contribution in [0.4, 0.5) is 5.69 Å². The van der Waals surface area contributed by atoms with Gasteiger partial charge in [-0.1, -0.05) is 12.1 Å². The molecule has 98 valence electrons. The molecule has 1 fully saturated rings.